The van der Waals surface area contributed by atoms with Gasteiger partial charge >= 0.3 is 0 Å². The minimum Gasteiger partial charge on any atom is -0.496 e. The molecule has 0 bridgehead atoms. The third-order valence-corrected chi connectivity index (χ3v) is 4.44. The number of amides is 1. The average Bonchev–Trinajstić information content (AvgIpc) is 2.46. The highest BCUT2D eigenvalue weighted by Crippen LogP contribution is 2.26. The average molecular weight is 341 g/mol. The minimum absolute atomic E-state index is 0.0314. The summed E-state index contributed by atoms with van der Waals surface area (Å²) in [6, 6.07) is 5.83. The zero-order valence-corrected chi connectivity index (χ0v) is 13.8. The number of methoxy groups -OCH3 is 1. The molecule has 0 unspecified atom stereocenters. The van der Waals surface area contributed by atoms with Crippen molar-refractivity contribution in [3.05, 3.63) is 28.2 Å². The van der Waals surface area contributed by atoms with E-state index in [2.05, 4.69) is 27.9 Å². The van der Waals surface area contributed by atoms with Crippen LogP contribution in [-0.4, -0.2) is 56.0 Å². The fourth-order valence-electron chi connectivity index (χ4n) is 2.58. The van der Waals surface area contributed by atoms with Crippen molar-refractivity contribution in [2.75, 3.05) is 34.3 Å². The molecular weight excluding hydrogens is 320 g/mol. The maximum Gasteiger partial charge on any atom is 0.257 e. The minimum atomic E-state index is 0.0314. The summed E-state index contributed by atoms with van der Waals surface area (Å²) < 4.78 is 6.23. The van der Waals surface area contributed by atoms with E-state index in [0.29, 0.717) is 17.4 Å². The van der Waals surface area contributed by atoms with E-state index in [1.807, 2.05) is 30.1 Å². The monoisotopic (exact) mass is 340 g/mol. The van der Waals surface area contributed by atoms with Crippen molar-refractivity contribution in [1.29, 1.82) is 0 Å². The maximum atomic E-state index is 12.6. The van der Waals surface area contributed by atoms with E-state index in [1.54, 1.807) is 7.11 Å². The van der Waals surface area contributed by atoms with Gasteiger partial charge in [0.05, 0.1) is 12.7 Å². The Kier molecular flexibility index (Phi) is 5.05. The van der Waals surface area contributed by atoms with Crippen LogP contribution >= 0.6 is 15.9 Å². The molecule has 0 saturated carbocycles. The largest absolute Gasteiger partial charge is 0.496 e. The van der Waals surface area contributed by atoms with Gasteiger partial charge in [0, 0.05) is 17.6 Å². The molecule has 4 nitrogen and oxygen atoms in total. The Hall–Kier alpha value is -1.07. The standard InChI is InChI=1S/C15H21BrN2O2/c1-17-8-6-12(7-9-17)18(2)15(19)13-5-4-11(16)10-14(13)20-3/h4-5,10,12H,6-9H2,1-3H3. The number of hydrogen-bond acceptors (Lipinski definition) is 3. The first-order valence-electron chi connectivity index (χ1n) is 6.82. The topological polar surface area (TPSA) is 32.8 Å². The van der Waals surface area contributed by atoms with Crippen molar-refractivity contribution in [1.82, 2.24) is 9.80 Å². The lowest BCUT2D eigenvalue weighted by Crippen LogP contribution is -2.44. The van der Waals surface area contributed by atoms with Crippen LogP contribution in [0.15, 0.2) is 22.7 Å². The molecule has 1 amide bonds. The Morgan fingerprint density at radius 1 is 1.40 bits per heavy atom. The number of rotatable bonds is 3. The highest BCUT2D eigenvalue weighted by atomic mass is 79.9. The third kappa shape index (κ3) is 3.33. The predicted molar refractivity (Wildman–Crippen MR) is 83.3 cm³/mol. The van der Waals surface area contributed by atoms with Gasteiger partial charge in [0.2, 0.25) is 0 Å². The summed E-state index contributed by atoms with van der Waals surface area (Å²) in [5.74, 6) is 0.646. The van der Waals surface area contributed by atoms with Gasteiger partial charge in [0.1, 0.15) is 5.75 Å². The molecule has 20 heavy (non-hydrogen) atoms. The first-order chi connectivity index (χ1) is 9.52. The van der Waals surface area contributed by atoms with Gasteiger partial charge in [-0.25, -0.2) is 0 Å². The molecule has 0 atom stereocenters. The fraction of sp³-hybridized carbons (Fsp3) is 0.533. The zero-order valence-electron chi connectivity index (χ0n) is 12.2. The van der Waals surface area contributed by atoms with Gasteiger partial charge in [-0.2, -0.15) is 0 Å². The van der Waals surface area contributed by atoms with Crippen LogP contribution in [-0.2, 0) is 0 Å². The highest BCUT2D eigenvalue weighted by molar-refractivity contribution is 9.10. The Balaban J connectivity index is 2.14. The zero-order chi connectivity index (χ0) is 14.7. The van der Waals surface area contributed by atoms with Crippen molar-refractivity contribution < 1.29 is 9.53 Å². The third-order valence-electron chi connectivity index (χ3n) is 3.95. The lowest BCUT2D eigenvalue weighted by atomic mass is 10.0. The van der Waals surface area contributed by atoms with Crippen LogP contribution in [0, 0.1) is 0 Å². The van der Waals surface area contributed by atoms with E-state index < -0.39 is 0 Å². The van der Waals surface area contributed by atoms with Gasteiger partial charge in [-0.3, -0.25) is 4.79 Å². The molecule has 0 aliphatic carbocycles. The maximum absolute atomic E-state index is 12.6. The van der Waals surface area contributed by atoms with Crippen LogP contribution in [0.5, 0.6) is 5.75 Å². The number of carbonyl (C=O) groups excluding carboxylic acids is 1. The van der Waals surface area contributed by atoms with Crippen LogP contribution in [0.25, 0.3) is 0 Å². The van der Waals surface area contributed by atoms with Crippen molar-refractivity contribution in [3.63, 3.8) is 0 Å². The molecule has 1 fully saturated rings. The molecule has 1 saturated heterocycles. The highest BCUT2D eigenvalue weighted by Gasteiger charge is 2.26. The normalized spacial score (nSPS) is 17.0. The second-order valence-corrected chi connectivity index (χ2v) is 6.21. The number of piperidine rings is 1. The Labute approximate surface area is 128 Å². The van der Waals surface area contributed by atoms with Gasteiger partial charge in [-0.15, -0.1) is 0 Å². The lowest BCUT2D eigenvalue weighted by Gasteiger charge is -2.35. The summed E-state index contributed by atoms with van der Waals surface area (Å²) >= 11 is 3.40. The van der Waals surface area contributed by atoms with Crippen molar-refractivity contribution >= 4 is 21.8 Å². The molecule has 0 spiro atoms. The predicted octanol–water partition coefficient (Wildman–Crippen LogP) is 2.62. The van der Waals surface area contributed by atoms with E-state index in [9.17, 15) is 4.79 Å². The summed E-state index contributed by atoms with van der Waals surface area (Å²) in [5.41, 5.74) is 0.622. The Morgan fingerprint density at radius 3 is 2.65 bits per heavy atom. The SMILES string of the molecule is COc1cc(Br)ccc1C(=O)N(C)C1CCN(C)CC1. The van der Waals surface area contributed by atoms with Crippen LogP contribution in [0.4, 0.5) is 0 Å². The van der Waals surface area contributed by atoms with Crippen LogP contribution < -0.4 is 4.74 Å². The van der Waals surface area contributed by atoms with E-state index in [4.69, 9.17) is 4.74 Å². The number of benzene rings is 1. The number of hydrogen-bond donors (Lipinski definition) is 0. The molecule has 110 valence electrons. The lowest BCUT2D eigenvalue weighted by molar-refractivity contribution is 0.0656. The molecule has 5 heteroatoms. The molecule has 1 aromatic carbocycles. The summed E-state index contributed by atoms with van der Waals surface area (Å²) in [5, 5.41) is 0. The number of halogens is 1. The molecule has 0 N–H and O–H groups in total. The molecular formula is C15H21BrN2O2. The van der Waals surface area contributed by atoms with Gasteiger partial charge in [0.15, 0.2) is 0 Å². The first kappa shape index (κ1) is 15.3. The number of nitrogens with zero attached hydrogens (tertiary/aromatic N) is 2. The first-order valence-corrected chi connectivity index (χ1v) is 7.61. The van der Waals surface area contributed by atoms with Gasteiger partial charge < -0.3 is 14.5 Å². The fourth-order valence-corrected chi connectivity index (χ4v) is 2.92. The van der Waals surface area contributed by atoms with Crippen molar-refractivity contribution in [3.8, 4) is 5.75 Å². The van der Waals surface area contributed by atoms with Crippen LogP contribution in [0.1, 0.15) is 23.2 Å². The molecule has 1 aromatic rings. The van der Waals surface area contributed by atoms with Gasteiger partial charge in [-0.1, -0.05) is 15.9 Å². The van der Waals surface area contributed by atoms with E-state index >= 15 is 0 Å². The van der Waals surface area contributed by atoms with Gasteiger partial charge in [0.25, 0.3) is 5.91 Å². The number of likely N-dealkylation sites (tertiary alicyclic amines) is 1. The van der Waals surface area contributed by atoms with Gasteiger partial charge in [-0.05, 0) is 51.2 Å². The van der Waals surface area contributed by atoms with E-state index in [-0.39, 0.29) is 5.91 Å². The summed E-state index contributed by atoms with van der Waals surface area (Å²) in [4.78, 5) is 16.8. The smallest absolute Gasteiger partial charge is 0.257 e. The summed E-state index contributed by atoms with van der Waals surface area (Å²) in [6.45, 7) is 2.08. The molecule has 1 aliphatic rings. The second-order valence-electron chi connectivity index (χ2n) is 5.30. The number of ether oxygens (including phenoxy) is 1. The Morgan fingerprint density at radius 2 is 2.05 bits per heavy atom. The molecule has 1 heterocycles. The van der Waals surface area contributed by atoms with E-state index in [1.165, 1.54) is 0 Å². The quantitative estimate of drug-likeness (QED) is 0.847. The van der Waals surface area contributed by atoms with E-state index in [0.717, 1.165) is 30.4 Å². The van der Waals surface area contributed by atoms with Crippen LogP contribution in [0.2, 0.25) is 0 Å². The molecule has 0 radical (unpaired) electrons. The van der Waals surface area contributed by atoms with Crippen molar-refractivity contribution in [2.45, 2.75) is 18.9 Å². The molecule has 1 aliphatic heterocycles. The molecule has 0 aromatic heterocycles. The number of carbonyl (C=O) groups is 1. The molecule has 2 rings (SSSR count). The second kappa shape index (κ2) is 6.59. The van der Waals surface area contributed by atoms with Crippen LogP contribution in [0.3, 0.4) is 0 Å². The summed E-state index contributed by atoms with van der Waals surface area (Å²) in [6.07, 6.45) is 2.05. The van der Waals surface area contributed by atoms with Crippen molar-refractivity contribution in [2.24, 2.45) is 0 Å². The Bertz CT molecular complexity index is 485. The summed E-state index contributed by atoms with van der Waals surface area (Å²) in [7, 11) is 5.60.